The van der Waals surface area contributed by atoms with E-state index in [1.54, 1.807) is 6.20 Å². The van der Waals surface area contributed by atoms with Crippen molar-refractivity contribution >= 4 is 0 Å². The molecule has 0 bridgehead atoms. The largest absolute Gasteiger partial charge is 0.198 e. The highest BCUT2D eigenvalue weighted by atomic mass is 15.3. The quantitative estimate of drug-likeness (QED) is 0.846. The van der Waals surface area contributed by atoms with Gasteiger partial charge in [0.2, 0.25) is 0 Å². The zero-order valence-electron chi connectivity index (χ0n) is 9.01. The predicted octanol–water partition coefficient (Wildman–Crippen LogP) is 2.02. The van der Waals surface area contributed by atoms with Gasteiger partial charge in [0.05, 0.1) is 23.5 Å². The van der Waals surface area contributed by atoms with Crippen molar-refractivity contribution in [1.29, 1.82) is 5.26 Å². The molecule has 0 aliphatic rings. The second-order valence-electron chi connectivity index (χ2n) is 3.80. The molecule has 2 aromatic rings. The summed E-state index contributed by atoms with van der Waals surface area (Å²) in [5.74, 6) is 0.373. The Labute approximate surface area is 93.9 Å². The summed E-state index contributed by atoms with van der Waals surface area (Å²) < 4.78 is 0. The standard InChI is InChI=1S/C12H12N4/c1-9(6-12-8-14-16-15-12)11-4-2-10(7-13)3-5-11/h2-5,8-9H,6H2,1H3,(H,14,15,16). The average molecular weight is 212 g/mol. The van der Waals surface area contributed by atoms with Crippen LogP contribution in [0, 0.1) is 11.3 Å². The normalized spacial score (nSPS) is 12.0. The molecule has 1 atom stereocenters. The predicted molar refractivity (Wildman–Crippen MR) is 59.7 cm³/mol. The first-order valence-electron chi connectivity index (χ1n) is 5.14. The van der Waals surface area contributed by atoms with E-state index in [1.165, 1.54) is 5.56 Å². The third-order valence-corrected chi connectivity index (χ3v) is 2.59. The Balaban J connectivity index is 2.09. The molecule has 0 saturated carbocycles. The first-order chi connectivity index (χ1) is 7.79. The Morgan fingerprint density at radius 2 is 2.12 bits per heavy atom. The molecule has 0 saturated heterocycles. The second kappa shape index (κ2) is 4.58. The number of nitrogens with zero attached hydrogens (tertiary/aromatic N) is 3. The molecule has 0 amide bonds. The summed E-state index contributed by atoms with van der Waals surface area (Å²) in [7, 11) is 0. The van der Waals surface area contributed by atoms with Gasteiger partial charge in [-0.1, -0.05) is 19.1 Å². The van der Waals surface area contributed by atoms with E-state index in [2.05, 4.69) is 28.4 Å². The fourth-order valence-electron chi connectivity index (χ4n) is 1.64. The van der Waals surface area contributed by atoms with E-state index in [1.807, 2.05) is 24.3 Å². The number of nitrogens with one attached hydrogen (secondary N) is 1. The molecule has 0 aliphatic carbocycles. The van der Waals surface area contributed by atoms with Crippen LogP contribution in [0.3, 0.4) is 0 Å². The highest BCUT2D eigenvalue weighted by Gasteiger charge is 2.08. The van der Waals surface area contributed by atoms with Crippen LogP contribution in [0.4, 0.5) is 0 Å². The lowest BCUT2D eigenvalue weighted by molar-refractivity contribution is 0.735. The van der Waals surface area contributed by atoms with Crippen molar-refractivity contribution in [3.8, 4) is 6.07 Å². The molecule has 0 radical (unpaired) electrons. The monoisotopic (exact) mass is 212 g/mol. The second-order valence-corrected chi connectivity index (χ2v) is 3.80. The molecule has 1 aromatic carbocycles. The van der Waals surface area contributed by atoms with Gasteiger partial charge >= 0.3 is 0 Å². The molecule has 0 spiro atoms. The average Bonchev–Trinajstić information content (AvgIpc) is 2.82. The molecular formula is C12H12N4. The summed E-state index contributed by atoms with van der Waals surface area (Å²) in [5.41, 5.74) is 2.86. The minimum absolute atomic E-state index is 0.373. The minimum atomic E-state index is 0.373. The minimum Gasteiger partial charge on any atom is -0.198 e. The van der Waals surface area contributed by atoms with E-state index in [4.69, 9.17) is 5.26 Å². The first-order valence-corrected chi connectivity index (χ1v) is 5.14. The summed E-state index contributed by atoms with van der Waals surface area (Å²) in [6.45, 7) is 2.13. The number of hydrogen-bond acceptors (Lipinski definition) is 3. The molecule has 0 aliphatic heterocycles. The molecule has 16 heavy (non-hydrogen) atoms. The number of aromatic nitrogens is 3. The Kier molecular flexibility index (Phi) is 2.97. The van der Waals surface area contributed by atoms with E-state index in [0.29, 0.717) is 11.5 Å². The van der Waals surface area contributed by atoms with Gasteiger partial charge in [0.25, 0.3) is 0 Å². The molecule has 4 heteroatoms. The molecule has 4 nitrogen and oxygen atoms in total. The molecular weight excluding hydrogens is 200 g/mol. The van der Waals surface area contributed by atoms with Crippen molar-refractivity contribution in [3.63, 3.8) is 0 Å². The fraction of sp³-hybridized carbons (Fsp3) is 0.250. The molecule has 0 fully saturated rings. The number of hydrogen-bond donors (Lipinski definition) is 1. The van der Waals surface area contributed by atoms with Gasteiger partial charge in [0.1, 0.15) is 0 Å². The molecule has 80 valence electrons. The lowest BCUT2D eigenvalue weighted by Gasteiger charge is -2.09. The topological polar surface area (TPSA) is 65.4 Å². The first kappa shape index (κ1) is 10.4. The van der Waals surface area contributed by atoms with Gasteiger partial charge in [-0.3, -0.25) is 0 Å². The van der Waals surface area contributed by atoms with E-state index < -0.39 is 0 Å². The third-order valence-electron chi connectivity index (χ3n) is 2.59. The summed E-state index contributed by atoms with van der Waals surface area (Å²) in [4.78, 5) is 0. The Hall–Kier alpha value is -2.15. The van der Waals surface area contributed by atoms with E-state index >= 15 is 0 Å². The molecule has 1 aromatic heterocycles. The van der Waals surface area contributed by atoms with Crippen LogP contribution in [0.2, 0.25) is 0 Å². The maximum absolute atomic E-state index is 8.70. The van der Waals surface area contributed by atoms with Crippen molar-refractivity contribution in [1.82, 2.24) is 15.4 Å². The van der Waals surface area contributed by atoms with Gasteiger partial charge in [-0.15, -0.1) is 0 Å². The van der Waals surface area contributed by atoms with Crippen LogP contribution >= 0.6 is 0 Å². The number of nitriles is 1. The van der Waals surface area contributed by atoms with E-state index in [-0.39, 0.29) is 0 Å². The van der Waals surface area contributed by atoms with Crippen LogP contribution in [0.25, 0.3) is 0 Å². The summed E-state index contributed by atoms with van der Waals surface area (Å²) in [6.07, 6.45) is 2.59. The van der Waals surface area contributed by atoms with Gasteiger partial charge in [-0.2, -0.15) is 20.7 Å². The van der Waals surface area contributed by atoms with Crippen LogP contribution in [0.15, 0.2) is 30.5 Å². The number of benzene rings is 1. The number of H-pyrrole nitrogens is 1. The Bertz CT molecular complexity index is 479. The van der Waals surface area contributed by atoms with Crippen LogP contribution in [-0.4, -0.2) is 15.4 Å². The highest BCUT2D eigenvalue weighted by molar-refractivity contribution is 5.33. The van der Waals surface area contributed by atoms with Crippen LogP contribution in [0.1, 0.15) is 29.7 Å². The van der Waals surface area contributed by atoms with Gasteiger partial charge in [-0.25, -0.2) is 0 Å². The zero-order valence-corrected chi connectivity index (χ0v) is 9.01. The maximum atomic E-state index is 8.70. The smallest absolute Gasteiger partial charge is 0.0991 e. The molecule has 1 N–H and O–H groups in total. The summed E-state index contributed by atoms with van der Waals surface area (Å²) in [6, 6.07) is 9.77. The van der Waals surface area contributed by atoms with E-state index in [9.17, 15) is 0 Å². The number of aromatic amines is 1. The molecule has 2 rings (SSSR count). The van der Waals surface area contributed by atoms with Crippen molar-refractivity contribution in [2.75, 3.05) is 0 Å². The lowest BCUT2D eigenvalue weighted by atomic mass is 9.96. The van der Waals surface area contributed by atoms with Crippen molar-refractivity contribution in [2.24, 2.45) is 0 Å². The van der Waals surface area contributed by atoms with Crippen LogP contribution < -0.4 is 0 Å². The van der Waals surface area contributed by atoms with Gasteiger partial charge < -0.3 is 0 Å². The highest BCUT2D eigenvalue weighted by Crippen LogP contribution is 2.19. The SMILES string of the molecule is CC(Cc1cn[nH]n1)c1ccc(C#N)cc1. The summed E-state index contributed by atoms with van der Waals surface area (Å²) >= 11 is 0. The van der Waals surface area contributed by atoms with Crippen LogP contribution in [-0.2, 0) is 6.42 Å². The fourth-order valence-corrected chi connectivity index (χ4v) is 1.64. The maximum Gasteiger partial charge on any atom is 0.0991 e. The van der Waals surface area contributed by atoms with Crippen molar-refractivity contribution in [2.45, 2.75) is 19.3 Å². The summed E-state index contributed by atoms with van der Waals surface area (Å²) in [5, 5.41) is 19.1. The zero-order chi connectivity index (χ0) is 11.4. The van der Waals surface area contributed by atoms with Crippen LogP contribution in [0.5, 0.6) is 0 Å². The Morgan fingerprint density at radius 1 is 1.38 bits per heavy atom. The molecule has 1 unspecified atom stereocenters. The van der Waals surface area contributed by atoms with Gasteiger partial charge in [0, 0.05) is 0 Å². The lowest BCUT2D eigenvalue weighted by Crippen LogP contribution is -1.98. The Morgan fingerprint density at radius 3 is 2.69 bits per heavy atom. The van der Waals surface area contributed by atoms with Crippen molar-refractivity contribution in [3.05, 3.63) is 47.3 Å². The van der Waals surface area contributed by atoms with Gasteiger partial charge in [0.15, 0.2) is 0 Å². The van der Waals surface area contributed by atoms with Crippen molar-refractivity contribution < 1.29 is 0 Å². The third kappa shape index (κ3) is 2.26. The van der Waals surface area contributed by atoms with E-state index in [0.717, 1.165) is 12.1 Å². The van der Waals surface area contributed by atoms with Gasteiger partial charge in [-0.05, 0) is 30.0 Å². The molecule has 1 heterocycles. The number of rotatable bonds is 3.